The molecule has 0 aliphatic rings. The zero-order valence-corrected chi connectivity index (χ0v) is 12.2. The van der Waals surface area contributed by atoms with Gasteiger partial charge in [-0.3, -0.25) is 5.43 Å². The van der Waals surface area contributed by atoms with Gasteiger partial charge in [0, 0.05) is 11.1 Å². The van der Waals surface area contributed by atoms with Gasteiger partial charge in [-0.15, -0.1) is 0 Å². The van der Waals surface area contributed by atoms with E-state index in [1.165, 1.54) is 10.8 Å². The van der Waals surface area contributed by atoms with Crippen molar-refractivity contribution < 1.29 is 0 Å². The van der Waals surface area contributed by atoms with E-state index in [0.717, 1.165) is 11.1 Å². The maximum Gasteiger partial charge on any atom is 0.126 e. The van der Waals surface area contributed by atoms with Crippen LogP contribution < -0.4 is 5.43 Å². The molecule has 3 heteroatoms. The van der Waals surface area contributed by atoms with E-state index in [1.807, 2.05) is 54.6 Å². The molecule has 0 saturated heterocycles. The van der Waals surface area contributed by atoms with Crippen molar-refractivity contribution in [3.63, 3.8) is 0 Å². The van der Waals surface area contributed by atoms with Crippen LogP contribution in [0.5, 0.6) is 0 Å². The molecular formula is C18H14N2S. The molecule has 2 nitrogen and oxygen atoms in total. The quantitative estimate of drug-likeness (QED) is 0.445. The summed E-state index contributed by atoms with van der Waals surface area (Å²) in [5.41, 5.74) is 4.94. The average molecular weight is 290 g/mol. The highest BCUT2D eigenvalue weighted by Gasteiger charge is 1.99. The van der Waals surface area contributed by atoms with Gasteiger partial charge in [-0.1, -0.05) is 85.0 Å². The average Bonchev–Trinajstić information content (AvgIpc) is 2.56. The Morgan fingerprint density at radius 2 is 1.57 bits per heavy atom. The molecule has 0 aliphatic heterocycles. The molecule has 3 rings (SSSR count). The fraction of sp³-hybridized carbons (Fsp3) is 0. The molecule has 0 aromatic heterocycles. The smallest absolute Gasteiger partial charge is 0.126 e. The number of hydrazone groups is 1. The molecule has 0 unspecified atom stereocenters. The van der Waals surface area contributed by atoms with E-state index in [0.29, 0.717) is 4.99 Å². The summed E-state index contributed by atoms with van der Waals surface area (Å²) in [6.45, 7) is 0. The third-order valence-corrected chi connectivity index (χ3v) is 3.56. The molecule has 0 bridgehead atoms. The van der Waals surface area contributed by atoms with Crippen LogP contribution in [0.3, 0.4) is 0 Å². The lowest BCUT2D eigenvalue weighted by Gasteiger charge is -2.03. The van der Waals surface area contributed by atoms with Crippen LogP contribution in [0.25, 0.3) is 10.8 Å². The van der Waals surface area contributed by atoms with E-state index in [2.05, 4.69) is 28.7 Å². The van der Waals surface area contributed by atoms with E-state index in [-0.39, 0.29) is 0 Å². The van der Waals surface area contributed by atoms with Crippen LogP contribution in [0.1, 0.15) is 11.1 Å². The van der Waals surface area contributed by atoms with Crippen LogP contribution in [0, 0.1) is 0 Å². The Hall–Kier alpha value is -2.52. The van der Waals surface area contributed by atoms with Crippen LogP contribution in [0.2, 0.25) is 0 Å². The monoisotopic (exact) mass is 290 g/mol. The lowest BCUT2D eigenvalue weighted by molar-refractivity contribution is 1.06. The largest absolute Gasteiger partial charge is 0.267 e. The van der Waals surface area contributed by atoms with Gasteiger partial charge in [0.1, 0.15) is 4.99 Å². The van der Waals surface area contributed by atoms with Crippen molar-refractivity contribution in [1.82, 2.24) is 5.43 Å². The number of thiocarbonyl (C=S) groups is 1. The first-order valence-electron chi connectivity index (χ1n) is 6.71. The number of nitrogens with zero attached hydrogens (tertiary/aromatic N) is 1. The van der Waals surface area contributed by atoms with Crippen molar-refractivity contribution in [3.05, 3.63) is 83.9 Å². The van der Waals surface area contributed by atoms with Gasteiger partial charge >= 0.3 is 0 Å². The minimum absolute atomic E-state index is 0.618. The van der Waals surface area contributed by atoms with Gasteiger partial charge in [0.25, 0.3) is 0 Å². The highest BCUT2D eigenvalue weighted by molar-refractivity contribution is 7.80. The van der Waals surface area contributed by atoms with Gasteiger partial charge in [-0.05, 0) is 10.8 Å². The summed E-state index contributed by atoms with van der Waals surface area (Å²) >= 11 is 5.31. The predicted octanol–water partition coefficient (Wildman–Crippen LogP) is 4.14. The SMILES string of the molecule is S=C(NN=Cc1cccc2ccccc12)c1ccccc1. The van der Waals surface area contributed by atoms with E-state index in [1.54, 1.807) is 6.21 Å². The Labute approximate surface area is 129 Å². The number of hydrogen-bond donors (Lipinski definition) is 1. The summed E-state index contributed by atoms with van der Waals surface area (Å²) in [6.07, 6.45) is 1.80. The lowest BCUT2D eigenvalue weighted by Crippen LogP contribution is -2.16. The van der Waals surface area contributed by atoms with Crippen LogP contribution in [0.4, 0.5) is 0 Å². The molecule has 0 radical (unpaired) electrons. The molecular weight excluding hydrogens is 276 g/mol. The second-order valence-electron chi connectivity index (χ2n) is 4.63. The van der Waals surface area contributed by atoms with Crippen LogP contribution in [-0.2, 0) is 0 Å². The summed E-state index contributed by atoms with van der Waals surface area (Å²) in [6, 6.07) is 24.2. The van der Waals surface area contributed by atoms with Gasteiger partial charge in [0.15, 0.2) is 0 Å². The van der Waals surface area contributed by atoms with Gasteiger partial charge in [-0.2, -0.15) is 5.10 Å². The van der Waals surface area contributed by atoms with Gasteiger partial charge in [0.2, 0.25) is 0 Å². The number of benzene rings is 3. The van der Waals surface area contributed by atoms with Gasteiger partial charge in [-0.25, -0.2) is 0 Å². The Kier molecular flexibility index (Phi) is 4.03. The molecule has 0 amide bonds. The Bertz CT molecular complexity index is 789. The minimum Gasteiger partial charge on any atom is -0.267 e. The Morgan fingerprint density at radius 3 is 2.43 bits per heavy atom. The predicted molar refractivity (Wildman–Crippen MR) is 92.8 cm³/mol. The topological polar surface area (TPSA) is 24.4 Å². The molecule has 0 saturated carbocycles. The minimum atomic E-state index is 0.618. The summed E-state index contributed by atoms with van der Waals surface area (Å²) in [7, 11) is 0. The number of rotatable bonds is 3. The van der Waals surface area contributed by atoms with Crippen LogP contribution >= 0.6 is 12.2 Å². The molecule has 0 fully saturated rings. The first-order chi connectivity index (χ1) is 10.3. The molecule has 0 spiro atoms. The number of nitrogens with one attached hydrogen (secondary N) is 1. The second kappa shape index (κ2) is 6.29. The van der Waals surface area contributed by atoms with Crippen molar-refractivity contribution in [3.8, 4) is 0 Å². The molecule has 0 aliphatic carbocycles. The first-order valence-corrected chi connectivity index (χ1v) is 7.11. The van der Waals surface area contributed by atoms with Crippen molar-refractivity contribution in [1.29, 1.82) is 0 Å². The normalized spacial score (nSPS) is 10.9. The molecule has 102 valence electrons. The third-order valence-electron chi connectivity index (χ3n) is 3.23. The molecule has 21 heavy (non-hydrogen) atoms. The molecule has 3 aromatic carbocycles. The molecule has 0 atom stereocenters. The van der Waals surface area contributed by atoms with E-state index >= 15 is 0 Å². The highest BCUT2D eigenvalue weighted by Crippen LogP contribution is 2.16. The molecule has 0 heterocycles. The number of hydrogen-bond acceptors (Lipinski definition) is 2. The van der Waals surface area contributed by atoms with Crippen molar-refractivity contribution in [2.24, 2.45) is 5.10 Å². The van der Waals surface area contributed by atoms with Crippen molar-refractivity contribution in [2.45, 2.75) is 0 Å². The second-order valence-corrected chi connectivity index (χ2v) is 5.04. The zero-order valence-electron chi connectivity index (χ0n) is 11.4. The van der Waals surface area contributed by atoms with Gasteiger partial charge in [0.05, 0.1) is 6.21 Å². The highest BCUT2D eigenvalue weighted by atomic mass is 32.1. The molecule has 3 aromatic rings. The van der Waals surface area contributed by atoms with E-state index < -0.39 is 0 Å². The van der Waals surface area contributed by atoms with Crippen LogP contribution in [0.15, 0.2) is 77.9 Å². The Morgan fingerprint density at radius 1 is 0.857 bits per heavy atom. The van der Waals surface area contributed by atoms with Gasteiger partial charge < -0.3 is 0 Å². The summed E-state index contributed by atoms with van der Waals surface area (Å²) < 4.78 is 0. The van der Waals surface area contributed by atoms with Crippen molar-refractivity contribution in [2.75, 3.05) is 0 Å². The maximum absolute atomic E-state index is 5.31. The summed E-state index contributed by atoms with van der Waals surface area (Å²) in [5.74, 6) is 0. The first kappa shape index (κ1) is 13.5. The summed E-state index contributed by atoms with van der Waals surface area (Å²) in [4.78, 5) is 0.618. The molecule has 1 N–H and O–H groups in total. The van der Waals surface area contributed by atoms with Crippen molar-refractivity contribution >= 4 is 34.2 Å². The standard InChI is InChI=1S/C18H14N2S/c21-18(15-8-2-1-3-9-15)20-19-13-16-11-6-10-14-7-4-5-12-17(14)16/h1-13H,(H,20,21). The number of fused-ring (bicyclic) bond motifs is 1. The fourth-order valence-corrected chi connectivity index (χ4v) is 2.37. The third kappa shape index (κ3) is 3.15. The zero-order chi connectivity index (χ0) is 14.5. The van der Waals surface area contributed by atoms with E-state index in [4.69, 9.17) is 12.2 Å². The van der Waals surface area contributed by atoms with Crippen LogP contribution in [-0.4, -0.2) is 11.2 Å². The fourth-order valence-electron chi connectivity index (χ4n) is 2.18. The van der Waals surface area contributed by atoms with E-state index in [9.17, 15) is 0 Å². The Balaban J connectivity index is 1.78. The lowest BCUT2D eigenvalue weighted by atomic mass is 10.1. The summed E-state index contributed by atoms with van der Waals surface area (Å²) in [5, 5.41) is 6.63. The maximum atomic E-state index is 5.31.